The van der Waals surface area contributed by atoms with E-state index >= 15 is 0 Å². The van der Waals surface area contributed by atoms with Crippen molar-refractivity contribution in [1.29, 1.82) is 0 Å². The Kier molecular flexibility index (Phi) is 5.56. The van der Waals surface area contributed by atoms with Gasteiger partial charge in [0.05, 0.1) is 0 Å². The van der Waals surface area contributed by atoms with Gasteiger partial charge in [-0.3, -0.25) is 9.59 Å². The number of aromatic nitrogens is 2. The summed E-state index contributed by atoms with van der Waals surface area (Å²) in [6.07, 6.45) is 0.421. The zero-order valence-electron chi connectivity index (χ0n) is 14.3. The van der Waals surface area contributed by atoms with Crippen LogP contribution < -0.4 is 5.32 Å². The zero-order valence-corrected chi connectivity index (χ0v) is 15.1. The molecular formula is C15H25N5O2S. The molecule has 1 aliphatic heterocycles. The minimum atomic E-state index is -0.0668. The lowest BCUT2D eigenvalue weighted by molar-refractivity contribution is -0.138. The number of anilines is 1. The van der Waals surface area contributed by atoms with Crippen molar-refractivity contribution >= 4 is 28.5 Å². The van der Waals surface area contributed by atoms with E-state index in [1.165, 1.54) is 11.5 Å². The highest BCUT2D eigenvalue weighted by atomic mass is 32.1. The molecule has 0 spiro atoms. The number of rotatable bonds is 4. The molecule has 7 nitrogen and oxygen atoms in total. The van der Waals surface area contributed by atoms with Crippen LogP contribution >= 0.6 is 11.5 Å². The molecule has 0 aliphatic carbocycles. The Labute approximate surface area is 141 Å². The first-order valence-electron chi connectivity index (χ1n) is 7.88. The van der Waals surface area contributed by atoms with E-state index in [-0.39, 0.29) is 17.2 Å². The maximum atomic E-state index is 12.2. The van der Waals surface area contributed by atoms with Crippen LogP contribution in [0, 0.1) is 0 Å². The van der Waals surface area contributed by atoms with Crippen molar-refractivity contribution in [3.05, 3.63) is 5.82 Å². The number of carbonyl (C=O) groups excluding carboxylic acids is 2. The summed E-state index contributed by atoms with van der Waals surface area (Å²) in [6.45, 7) is 10.8. The molecule has 1 N–H and O–H groups in total. The summed E-state index contributed by atoms with van der Waals surface area (Å²) in [5.74, 6) is 1.00. The molecule has 1 aromatic heterocycles. The lowest BCUT2D eigenvalue weighted by Gasteiger charge is -2.34. The van der Waals surface area contributed by atoms with Crippen LogP contribution in [0.5, 0.6) is 0 Å². The normalized spacial score (nSPS) is 15.7. The molecule has 128 valence electrons. The van der Waals surface area contributed by atoms with Crippen molar-refractivity contribution in [1.82, 2.24) is 19.2 Å². The van der Waals surface area contributed by atoms with Crippen LogP contribution in [0.15, 0.2) is 0 Å². The number of piperazine rings is 1. The Morgan fingerprint density at radius 2 is 1.78 bits per heavy atom. The van der Waals surface area contributed by atoms with Gasteiger partial charge in [-0.05, 0) is 0 Å². The first-order chi connectivity index (χ1) is 10.8. The van der Waals surface area contributed by atoms with Crippen LogP contribution in [-0.2, 0) is 15.0 Å². The molecule has 0 saturated carbocycles. The Balaban J connectivity index is 1.73. The van der Waals surface area contributed by atoms with E-state index in [1.54, 1.807) is 11.8 Å². The number of hydrogen-bond donors (Lipinski definition) is 1. The zero-order chi connectivity index (χ0) is 17.0. The second-order valence-corrected chi connectivity index (χ2v) is 7.49. The van der Waals surface area contributed by atoms with Crippen LogP contribution in [0.1, 0.15) is 39.9 Å². The van der Waals surface area contributed by atoms with Crippen molar-refractivity contribution in [3.8, 4) is 0 Å². The third-order valence-electron chi connectivity index (χ3n) is 3.79. The van der Waals surface area contributed by atoms with Gasteiger partial charge in [-0.15, -0.1) is 0 Å². The maximum Gasteiger partial charge on any atom is 0.224 e. The summed E-state index contributed by atoms with van der Waals surface area (Å²) in [6, 6.07) is 0. The lowest BCUT2D eigenvalue weighted by Crippen LogP contribution is -2.50. The predicted molar refractivity (Wildman–Crippen MR) is 90.5 cm³/mol. The fourth-order valence-electron chi connectivity index (χ4n) is 2.31. The van der Waals surface area contributed by atoms with Gasteiger partial charge < -0.3 is 15.1 Å². The quantitative estimate of drug-likeness (QED) is 0.895. The lowest BCUT2D eigenvalue weighted by atomic mass is 9.96. The minimum absolute atomic E-state index is 0.0668. The summed E-state index contributed by atoms with van der Waals surface area (Å²) in [5.41, 5.74) is -0.0668. The van der Waals surface area contributed by atoms with Crippen molar-refractivity contribution in [2.75, 3.05) is 38.0 Å². The van der Waals surface area contributed by atoms with Gasteiger partial charge >= 0.3 is 0 Å². The Bertz CT molecular complexity index is 558. The smallest absolute Gasteiger partial charge is 0.224 e. The second kappa shape index (κ2) is 7.25. The SMILES string of the molecule is CC(=O)N1CCN(C(=O)CCNc2nc(C(C)(C)C)ns2)CC1. The third kappa shape index (κ3) is 4.89. The van der Waals surface area contributed by atoms with Crippen LogP contribution in [0.2, 0.25) is 0 Å². The Morgan fingerprint density at radius 3 is 2.30 bits per heavy atom. The van der Waals surface area contributed by atoms with Crippen LogP contribution in [0.3, 0.4) is 0 Å². The molecular weight excluding hydrogens is 314 g/mol. The molecule has 2 amide bonds. The van der Waals surface area contributed by atoms with Gasteiger partial charge in [-0.1, -0.05) is 20.8 Å². The van der Waals surface area contributed by atoms with Crippen molar-refractivity contribution in [2.45, 2.75) is 39.5 Å². The van der Waals surface area contributed by atoms with E-state index in [0.717, 1.165) is 11.0 Å². The Hall–Kier alpha value is -1.70. The van der Waals surface area contributed by atoms with Crippen molar-refractivity contribution in [3.63, 3.8) is 0 Å². The first-order valence-corrected chi connectivity index (χ1v) is 8.66. The molecule has 1 aliphatic rings. The highest BCUT2D eigenvalue weighted by Gasteiger charge is 2.22. The number of carbonyl (C=O) groups is 2. The molecule has 1 saturated heterocycles. The summed E-state index contributed by atoms with van der Waals surface area (Å²) in [7, 11) is 0. The molecule has 0 bridgehead atoms. The van der Waals surface area contributed by atoms with E-state index in [1.807, 2.05) is 4.90 Å². The van der Waals surface area contributed by atoms with Gasteiger partial charge in [-0.2, -0.15) is 4.37 Å². The molecule has 1 fully saturated rings. The third-order valence-corrected chi connectivity index (χ3v) is 4.46. The Morgan fingerprint density at radius 1 is 1.17 bits per heavy atom. The second-order valence-electron chi connectivity index (χ2n) is 6.74. The van der Waals surface area contributed by atoms with E-state index < -0.39 is 0 Å². The number of hydrogen-bond acceptors (Lipinski definition) is 6. The standard InChI is InChI=1S/C15H25N5O2S/c1-11(21)19-7-9-20(10-8-19)12(22)5-6-16-14-17-13(18-23-14)15(2,3)4/h5-10H2,1-4H3,(H,16,17,18). The predicted octanol–water partition coefficient (Wildman–Crippen LogP) is 1.33. The van der Waals surface area contributed by atoms with Crippen LogP contribution in [0.4, 0.5) is 5.13 Å². The van der Waals surface area contributed by atoms with Crippen LogP contribution in [-0.4, -0.2) is 63.7 Å². The average molecular weight is 339 g/mol. The minimum Gasteiger partial charge on any atom is -0.360 e. The van der Waals surface area contributed by atoms with E-state index in [2.05, 4.69) is 35.4 Å². The molecule has 0 radical (unpaired) electrons. The van der Waals surface area contributed by atoms with Crippen LogP contribution in [0.25, 0.3) is 0 Å². The van der Waals surface area contributed by atoms with Crippen molar-refractivity contribution < 1.29 is 9.59 Å². The van der Waals surface area contributed by atoms with Gasteiger partial charge in [0.25, 0.3) is 0 Å². The fraction of sp³-hybridized carbons (Fsp3) is 0.733. The number of nitrogens with one attached hydrogen (secondary N) is 1. The highest BCUT2D eigenvalue weighted by Crippen LogP contribution is 2.22. The largest absolute Gasteiger partial charge is 0.360 e. The highest BCUT2D eigenvalue weighted by molar-refractivity contribution is 7.09. The van der Waals surface area contributed by atoms with Gasteiger partial charge in [-0.25, -0.2) is 4.98 Å². The number of amides is 2. The molecule has 8 heteroatoms. The average Bonchev–Trinajstić information content (AvgIpc) is 2.96. The molecule has 0 aromatic carbocycles. The topological polar surface area (TPSA) is 78.4 Å². The van der Waals surface area contributed by atoms with Gasteiger partial charge in [0.15, 0.2) is 0 Å². The van der Waals surface area contributed by atoms with E-state index in [0.29, 0.717) is 39.1 Å². The van der Waals surface area contributed by atoms with Gasteiger partial charge in [0, 0.05) is 63.0 Å². The fourth-order valence-corrected chi connectivity index (χ4v) is 3.09. The molecule has 23 heavy (non-hydrogen) atoms. The molecule has 2 rings (SSSR count). The molecule has 1 aromatic rings. The molecule has 2 heterocycles. The maximum absolute atomic E-state index is 12.2. The molecule has 0 atom stereocenters. The van der Waals surface area contributed by atoms with Gasteiger partial charge in [0.1, 0.15) is 5.82 Å². The summed E-state index contributed by atoms with van der Waals surface area (Å²) >= 11 is 1.33. The van der Waals surface area contributed by atoms with E-state index in [9.17, 15) is 9.59 Å². The monoisotopic (exact) mass is 339 g/mol. The number of nitrogens with zero attached hydrogens (tertiary/aromatic N) is 4. The van der Waals surface area contributed by atoms with Crippen molar-refractivity contribution in [2.24, 2.45) is 0 Å². The summed E-state index contributed by atoms with van der Waals surface area (Å²) < 4.78 is 4.34. The summed E-state index contributed by atoms with van der Waals surface area (Å²) in [5, 5.41) is 3.92. The molecule has 0 unspecified atom stereocenters. The first kappa shape index (κ1) is 17.7. The van der Waals surface area contributed by atoms with Gasteiger partial charge in [0.2, 0.25) is 16.9 Å². The van der Waals surface area contributed by atoms with E-state index in [4.69, 9.17) is 0 Å². The summed E-state index contributed by atoms with van der Waals surface area (Å²) in [4.78, 5) is 31.5.